The van der Waals surface area contributed by atoms with Gasteiger partial charge in [-0.05, 0) is 49.1 Å². The third kappa shape index (κ3) is 4.88. The molecule has 2 aromatic rings. The van der Waals surface area contributed by atoms with Crippen molar-refractivity contribution in [3.05, 3.63) is 53.2 Å². The predicted octanol–water partition coefficient (Wildman–Crippen LogP) is 2.39. The fourth-order valence-corrected chi connectivity index (χ4v) is 4.58. The molecule has 0 bridgehead atoms. The third-order valence-corrected chi connectivity index (χ3v) is 6.90. The van der Waals surface area contributed by atoms with Crippen molar-refractivity contribution in [2.45, 2.75) is 17.7 Å². The van der Waals surface area contributed by atoms with Crippen LogP contribution < -0.4 is 9.62 Å². The summed E-state index contributed by atoms with van der Waals surface area (Å²) in [4.78, 5) is 21.2. The third-order valence-electron chi connectivity index (χ3n) is 5.25. The van der Waals surface area contributed by atoms with Crippen LogP contribution in [0.5, 0.6) is 0 Å². The number of benzene rings is 1. The molecule has 9 heteroatoms. The first-order valence-corrected chi connectivity index (χ1v) is 11.5. The van der Waals surface area contributed by atoms with E-state index in [0.717, 1.165) is 18.7 Å². The van der Waals surface area contributed by atoms with E-state index in [1.54, 1.807) is 29.3 Å². The van der Waals surface area contributed by atoms with Crippen LogP contribution in [0.15, 0.2) is 47.5 Å². The molecule has 2 fully saturated rings. The van der Waals surface area contributed by atoms with E-state index < -0.39 is 10.0 Å². The molecule has 2 heterocycles. The van der Waals surface area contributed by atoms with Crippen molar-refractivity contribution >= 4 is 33.3 Å². The second-order valence-electron chi connectivity index (χ2n) is 7.44. The molecule has 1 aromatic carbocycles. The Kier molecular flexibility index (Phi) is 5.76. The highest BCUT2D eigenvalue weighted by molar-refractivity contribution is 7.89. The molecule has 0 unspecified atom stereocenters. The van der Waals surface area contributed by atoms with Crippen LogP contribution in [0.1, 0.15) is 23.2 Å². The van der Waals surface area contributed by atoms with Crippen LogP contribution in [0.3, 0.4) is 0 Å². The van der Waals surface area contributed by atoms with E-state index in [1.807, 2.05) is 6.07 Å². The number of anilines is 1. The van der Waals surface area contributed by atoms with Crippen LogP contribution in [-0.2, 0) is 10.0 Å². The minimum Gasteiger partial charge on any atom is -0.353 e. The lowest BCUT2D eigenvalue weighted by Crippen LogP contribution is -2.49. The standard InChI is InChI=1S/C20H23ClN4O3S/c21-17-6-7-19(22-14-17)24-8-10-25(11-9-24)20(26)16-2-1-3-18(12-16)29(27,28)23-13-15-4-5-15/h1-3,6-7,12,14-15,23H,4-5,8-11,13H2. The Balaban J connectivity index is 1.40. The van der Waals surface area contributed by atoms with Crippen molar-refractivity contribution < 1.29 is 13.2 Å². The minimum atomic E-state index is -3.60. The quantitative estimate of drug-likeness (QED) is 0.754. The number of halogens is 1. The number of nitrogens with zero attached hydrogens (tertiary/aromatic N) is 3. The number of piperazine rings is 1. The van der Waals surface area contributed by atoms with Crippen molar-refractivity contribution in [2.75, 3.05) is 37.6 Å². The molecule has 1 saturated carbocycles. The fraction of sp³-hybridized carbons (Fsp3) is 0.400. The summed E-state index contributed by atoms with van der Waals surface area (Å²) in [6.45, 7) is 2.85. The summed E-state index contributed by atoms with van der Waals surface area (Å²) in [5, 5.41) is 0.587. The van der Waals surface area contributed by atoms with Gasteiger partial charge in [-0.2, -0.15) is 0 Å². The number of hydrogen-bond donors (Lipinski definition) is 1. The number of aromatic nitrogens is 1. The lowest BCUT2D eigenvalue weighted by molar-refractivity contribution is 0.0746. The van der Waals surface area contributed by atoms with E-state index in [1.165, 1.54) is 12.1 Å². The Hall–Kier alpha value is -2.16. The van der Waals surface area contributed by atoms with Gasteiger partial charge in [0.2, 0.25) is 10.0 Å². The smallest absolute Gasteiger partial charge is 0.254 e. The Morgan fingerprint density at radius 2 is 1.90 bits per heavy atom. The van der Waals surface area contributed by atoms with Gasteiger partial charge >= 0.3 is 0 Å². The molecule has 154 valence electrons. The molecule has 1 aliphatic carbocycles. The van der Waals surface area contributed by atoms with Crippen molar-refractivity contribution in [3.8, 4) is 0 Å². The molecule has 1 N–H and O–H groups in total. The molecule has 0 radical (unpaired) electrons. The van der Waals surface area contributed by atoms with Gasteiger partial charge in [0.25, 0.3) is 5.91 Å². The van der Waals surface area contributed by atoms with Crippen molar-refractivity contribution in [1.82, 2.24) is 14.6 Å². The van der Waals surface area contributed by atoms with Gasteiger partial charge in [0.05, 0.1) is 9.92 Å². The first kappa shape index (κ1) is 20.1. The Labute approximate surface area is 175 Å². The van der Waals surface area contributed by atoms with E-state index in [-0.39, 0.29) is 10.8 Å². The second kappa shape index (κ2) is 8.30. The number of carbonyl (C=O) groups excluding carboxylic acids is 1. The zero-order chi connectivity index (χ0) is 20.4. The van der Waals surface area contributed by atoms with Crippen LogP contribution in [0, 0.1) is 5.92 Å². The number of sulfonamides is 1. The highest BCUT2D eigenvalue weighted by atomic mass is 35.5. The monoisotopic (exact) mass is 434 g/mol. The van der Waals surface area contributed by atoms with Gasteiger partial charge in [-0.15, -0.1) is 0 Å². The molecular formula is C20H23ClN4O3S. The van der Waals surface area contributed by atoms with Crippen molar-refractivity contribution in [3.63, 3.8) is 0 Å². The first-order valence-electron chi connectivity index (χ1n) is 9.68. The Morgan fingerprint density at radius 3 is 2.55 bits per heavy atom. The molecule has 1 amide bonds. The van der Waals surface area contributed by atoms with Crippen LogP contribution >= 0.6 is 11.6 Å². The summed E-state index contributed by atoms with van der Waals surface area (Å²) in [5.74, 6) is 1.12. The number of rotatable bonds is 6. The molecule has 2 aliphatic rings. The first-order chi connectivity index (χ1) is 13.9. The van der Waals surface area contributed by atoms with Crippen molar-refractivity contribution in [2.24, 2.45) is 5.92 Å². The number of pyridine rings is 1. The van der Waals surface area contributed by atoms with Gasteiger partial charge < -0.3 is 9.80 Å². The van der Waals surface area contributed by atoms with E-state index >= 15 is 0 Å². The van der Waals surface area contributed by atoms with Crippen LogP contribution in [0.2, 0.25) is 5.02 Å². The number of hydrogen-bond acceptors (Lipinski definition) is 5. The lowest BCUT2D eigenvalue weighted by atomic mass is 10.2. The molecule has 1 saturated heterocycles. The summed E-state index contributed by atoms with van der Waals surface area (Å²) >= 11 is 5.88. The Morgan fingerprint density at radius 1 is 1.14 bits per heavy atom. The molecule has 0 spiro atoms. The van der Waals surface area contributed by atoms with E-state index in [9.17, 15) is 13.2 Å². The van der Waals surface area contributed by atoms with E-state index in [0.29, 0.717) is 49.2 Å². The maximum Gasteiger partial charge on any atom is 0.254 e. The normalized spacial score (nSPS) is 17.4. The van der Waals surface area contributed by atoms with Gasteiger partial charge in [0, 0.05) is 44.5 Å². The van der Waals surface area contributed by atoms with Crippen LogP contribution in [-0.4, -0.2) is 56.9 Å². The molecular weight excluding hydrogens is 412 g/mol. The second-order valence-corrected chi connectivity index (χ2v) is 9.64. The topological polar surface area (TPSA) is 82.6 Å². The summed E-state index contributed by atoms with van der Waals surface area (Å²) in [7, 11) is -3.60. The van der Waals surface area contributed by atoms with Crippen LogP contribution in [0.4, 0.5) is 5.82 Å². The molecule has 29 heavy (non-hydrogen) atoms. The molecule has 7 nitrogen and oxygen atoms in total. The zero-order valence-corrected chi connectivity index (χ0v) is 17.5. The van der Waals surface area contributed by atoms with Gasteiger partial charge in [0.15, 0.2) is 0 Å². The molecule has 0 atom stereocenters. The van der Waals surface area contributed by atoms with Crippen molar-refractivity contribution in [1.29, 1.82) is 0 Å². The maximum absolute atomic E-state index is 12.9. The number of amides is 1. The summed E-state index contributed by atoms with van der Waals surface area (Å²) in [6.07, 6.45) is 3.74. The van der Waals surface area contributed by atoms with E-state index in [2.05, 4.69) is 14.6 Å². The molecule has 4 rings (SSSR count). The highest BCUT2D eigenvalue weighted by Crippen LogP contribution is 2.28. The number of nitrogens with one attached hydrogen (secondary N) is 1. The summed E-state index contributed by atoms with van der Waals surface area (Å²) in [5.41, 5.74) is 0.386. The molecule has 1 aromatic heterocycles. The average Bonchev–Trinajstić information content (AvgIpc) is 3.57. The Bertz CT molecular complexity index is 985. The van der Waals surface area contributed by atoms with Gasteiger partial charge in [0.1, 0.15) is 5.82 Å². The summed E-state index contributed by atoms with van der Waals surface area (Å²) in [6, 6.07) is 9.93. The minimum absolute atomic E-state index is 0.132. The predicted molar refractivity (Wildman–Crippen MR) is 112 cm³/mol. The lowest BCUT2D eigenvalue weighted by Gasteiger charge is -2.35. The SMILES string of the molecule is O=C(c1cccc(S(=O)(=O)NCC2CC2)c1)N1CCN(c2ccc(Cl)cn2)CC1. The highest BCUT2D eigenvalue weighted by Gasteiger charge is 2.26. The van der Waals surface area contributed by atoms with E-state index in [4.69, 9.17) is 11.6 Å². The molecule has 1 aliphatic heterocycles. The summed E-state index contributed by atoms with van der Waals surface area (Å²) < 4.78 is 27.6. The van der Waals surface area contributed by atoms with Gasteiger partial charge in [-0.25, -0.2) is 18.1 Å². The maximum atomic E-state index is 12.9. The van der Waals surface area contributed by atoms with Gasteiger partial charge in [-0.1, -0.05) is 17.7 Å². The average molecular weight is 435 g/mol. The number of carbonyl (C=O) groups is 1. The van der Waals surface area contributed by atoms with Gasteiger partial charge in [-0.3, -0.25) is 4.79 Å². The largest absolute Gasteiger partial charge is 0.353 e. The fourth-order valence-electron chi connectivity index (χ4n) is 3.31. The zero-order valence-electron chi connectivity index (χ0n) is 15.9. The van der Waals surface area contributed by atoms with Crippen LogP contribution in [0.25, 0.3) is 0 Å².